The molecule has 0 aliphatic carbocycles. The lowest BCUT2D eigenvalue weighted by molar-refractivity contribution is 0.288. The van der Waals surface area contributed by atoms with E-state index in [1.165, 1.54) is 6.33 Å². The molecular weight excluding hydrogens is 430 g/mol. The van der Waals surface area contributed by atoms with E-state index in [4.69, 9.17) is 14.2 Å². The summed E-state index contributed by atoms with van der Waals surface area (Å²) in [7, 11) is 0. The Labute approximate surface area is 199 Å². The number of hydrogen-bond acceptors (Lipinski definition) is 8. The van der Waals surface area contributed by atoms with E-state index in [0.717, 1.165) is 22.7 Å². The van der Waals surface area contributed by atoms with Gasteiger partial charge >= 0.3 is 0 Å². The maximum absolute atomic E-state index is 5.84. The second kappa shape index (κ2) is 11.5. The Morgan fingerprint density at radius 1 is 0.676 bits per heavy atom. The molecule has 0 aliphatic heterocycles. The molecule has 0 aliphatic rings. The predicted octanol–water partition coefficient (Wildman–Crippen LogP) is 5.74. The van der Waals surface area contributed by atoms with Gasteiger partial charge in [0.1, 0.15) is 18.7 Å². The molecule has 3 aromatic carbocycles. The van der Waals surface area contributed by atoms with Crippen molar-refractivity contribution in [3.05, 3.63) is 84.7 Å². The maximum Gasteiger partial charge on any atom is 0.232 e. The molecule has 0 bridgehead atoms. The lowest BCUT2D eigenvalue weighted by Crippen LogP contribution is -2.04. The number of anilines is 4. The Balaban J connectivity index is 1.38. The summed E-state index contributed by atoms with van der Waals surface area (Å²) in [5.74, 6) is 2.98. The number of rotatable bonds is 11. The van der Waals surface area contributed by atoms with Gasteiger partial charge in [0.15, 0.2) is 11.5 Å². The van der Waals surface area contributed by atoms with Crippen LogP contribution < -0.4 is 24.8 Å². The molecule has 0 radical (unpaired) electrons. The van der Waals surface area contributed by atoms with Crippen LogP contribution >= 0.6 is 0 Å². The number of hydrogen-bond donors (Lipinski definition) is 2. The van der Waals surface area contributed by atoms with Crippen molar-refractivity contribution < 1.29 is 14.2 Å². The minimum atomic E-state index is 0.409. The predicted molar refractivity (Wildman–Crippen MR) is 132 cm³/mol. The molecule has 0 spiro atoms. The summed E-state index contributed by atoms with van der Waals surface area (Å²) < 4.78 is 17.1. The highest BCUT2D eigenvalue weighted by Crippen LogP contribution is 2.31. The van der Waals surface area contributed by atoms with E-state index in [-0.39, 0.29) is 0 Å². The van der Waals surface area contributed by atoms with Gasteiger partial charge in [-0.05, 0) is 55.8 Å². The Morgan fingerprint density at radius 2 is 1.32 bits per heavy atom. The lowest BCUT2D eigenvalue weighted by Gasteiger charge is -2.13. The van der Waals surface area contributed by atoms with Crippen LogP contribution in [-0.4, -0.2) is 28.2 Å². The molecular formula is C26H27N5O3. The lowest BCUT2D eigenvalue weighted by atomic mass is 10.2. The second-order valence-corrected chi connectivity index (χ2v) is 7.21. The van der Waals surface area contributed by atoms with Crippen LogP contribution in [0.15, 0.2) is 79.1 Å². The van der Waals surface area contributed by atoms with E-state index >= 15 is 0 Å². The van der Waals surface area contributed by atoms with Crippen LogP contribution in [0, 0.1) is 0 Å². The first kappa shape index (κ1) is 22.8. The van der Waals surface area contributed by atoms with Crippen molar-refractivity contribution in [3.63, 3.8) is 0 Å². The highest BCUT2D eigenvalue weighted by atomic mass is 16.5. The van der Waals surface area contributed by atoms with E-state index in [2.05, 4.69) is 25.6 Å². The first-order valence-electron chi connectivity index (χ1n) is 11.1. The summed E-state index contributed by atoms with van der Waals surface area (Å²) in [6.45, 7) is 5.50. The number of aromatic nitrogens is 3. The Hall–Kier alpha value is -4.33. The summed E-state index contributed by atoms with van der Waals surface area (Å²) in [4.78, 5) is 12.9. The fourth-order valence-corrected chi connectivity index (χ4v) is 3.18. The molecule has 4 aromatic rings. The fourth-order valence-electron chi connectivity index (χ4n) is 3.18. The quantitative estimate of drug-likeness (QED) is 0.295. The molecule has 1 heterocycles. The second-order valence-electron chi connectivity index (χ2n) is 7.21. The van der Waals surface area contributed by atoms with Gasteiger partial charge in [0.25, 0.3) is 0 Å². The Morgan fingerprint density at radius 3 is 2.03 bits per heavy atom. The Bertz CT molecular complexity index is 1190. The Kier molecular flexibility index (Phi) is 7.74. The third-order valence-corrected chi connectivity index (χ3v) is 4.73. The van der Waals surface area contributed by atoms with Crippen molar-refractivity contribution in [3.8, 4) is 17.2 Å². The van der Waals surface area contributed by atoms with Crippen molar-refractivity contribution in [2.24, 2.45) is 0 Å². The first-order chi connectivity index (χ1) is 16.7. The van der Waals surface area contributed by atoms with Gasteiger partial charge in [0.2, 0.25) is 11.9 Å². The van der Waals surface area contributed by atoms with Gasteiger partial charge in [-0.3, -0.25) is 0 Å². The van der Waals surface area contributed by atoms with Gasteiger partial charge in [-0.15, -0.1) is 0 Å². The van der Waals surface area contributed by atoms with Crippen molar-refractivity contribution in [1.29, 1.82) is 0 Å². The molecule has 34 heavy (non-hydrogen) atoms. The average Bonchev–Trinajstić information content (AvgIpc) is 2.86. The van der Waals surface area contributed by atoms with Gasteiger partial charge < -0.3 is 24.8 Å². The van der Waals surface area contributed by atoms with Crippen LogP contribution in [0.2, 0.25) is 0 Å². The van der Waals surface area contributed by atoms with Crippen LogP contribution in [0.1, 0.15) is 19.4 Å². The molecule has 0 unspecified atom stereocenters. The number of nitrogens with one attached hydrogen (secondary N) is 2. The topological polar surface area (TPSA) is 90.4 Å². The van der Waals surface area contributed by atoms with Crippen LogP contribution in [-0.2, 0) is 6.61 Å². The summed E-state index contributed by atoms with van der Waals surface area (Å²) >= 11 is 0. The molecule has 2 N–H and O–H groups in total. The summed E-state index contributed by atoms with van der Waals surface area (Å²) in [6.07, 6.45) is 1.45. The monoisotopic (exact) mass is 457 g/mol. The summed E-state index contributed by atoms with van der Waals surface area (Å²) in [5, 5.41) is 6.37. The van der Waals surface area contributed by atoms with E-state index in [0.29, 0.717) is 43.2 Å². The van der Waals surface area contributed by atoms with Crippen LogP contribution in [0.3, 0.4) is 0 Å². The molecule has 174 valence electrons. The van der Waals surface area contributed by atoms with Gasteiger partial charge in [0, 0.05) is 17.4 Å². The number of nitrogens with zero attached hydrogens (tertiary/aromatic N) is 3. The zero-order valence-corrected chi connectivity index (χ0v) is 19.2. The number of ether oxygens (including phenoxy) is 3. The van der Waals surface area contributed by atoms with E-state index in [1.54, 1.807) is 0 Å². The first-order valence-corrected chi connectivity index (χ1v) is 11.1. The minimum Gasteiger partial charge on any atom is -0.490 e. The zero-order chi connectivity index (χ0) is 23.6. The van der Waals surface area contributed by atoms with Crippen LogP contribution in [0.5, 0.6) is 17.2 Å². The van der Waals surface area contributed by atoms with Crippen LogP contribution in [0.25, 0.3) is 0 Å². The zero-order valence-electron chi connectivity index (χ0n) is 19.2. The normalized spacial score (nSPS) is 10.4. The molecule has 0 atom stereocenters. The fraction of sp³-hybridized carbons (Fsp3) is 0.192. The largest absolute Gasteiger partial charge is 0.490 e. The molecule has 0 amide bonds. The molecule has 8 nitrogen and oxygen atoms in total. The number of benzene rings is 3. The third kappa shape index (κ3) is 6.35. The van der Waals surface area contributed by atoms with Gasteiger partial charge in [-0.2, -0.15) is 4.98 Å². The van der Waals surface area contributed by atoms with E-state index in [1.807, 2.05) is 86.6 Å². The smallest absolute Gasteiger partial charge is 0.232 e. The highest BCUT2D eigenvalue weighted by molar-refractivity contribution is 5.61. The average molecular weight is 458 g/mol. The summed E-state index contributed by atoms with van der Waals surface area (Å²) in [5.41, 5.74) is 2.74. The van der Waals surface area contributed by atoms with Gasteiger partial charge in [0.05, 0.1) is 13.2 Å². The van der Waals surface area contributed by atoms with Crippen molar-refractivity contribution in [1.82, 2.24) is 15.0 Å². The molecule has 0 fully saturated rings. The molecule has 0 saturated heterocycles. The van der Waals surface area contributed by atoms with E-state index < -0.39 is 0 Å². The summed E-state index contributed by atoms with van der Waals surface area (Å²) in [6, 6.07) is 23.3. The van der Waals surface area contributed by atoms with Crippen molar-refractivity contribution >= 4 is 23.3 Å². The van der Waals surface area contributed by atoms with Gasteiger partial charge in [-0.1, -0.05) is 30.3 Å². The van der Waals surface area contributed by atoms with Crippen molar-refractivity contribution in [2.75, 3.05) is 23.8 Å². The third-order valence-electron chi connectivity index (χ3n) is 4.73. The van der Waals surface area contributed by atoms with Crippen LogP contribution in [0.4, 0.5) is 23.3 Å². The molecule has 0 saturated carbocycles. The maximum atomic E-state index is 5.84. The molecule has 8 heteroatoms. The SMILES string of the molecule is CCOc1ccc(Nc2ncnc(Nc3ccc(OCc4ccccc4)cc3)n2)cc1OCC. The molecule has 1 aromatic heterocycles. The molecule has 4 rings (SSSR count). The standard InChI is InChI=1S/C26H27N5O3/c1-3-32-23-15-12-21(16-24(23)33-4-2)30-26-28-18-27-25(31-26)29-20-10-13-22(14-11-20)34-17-19-8-6-5-7-9-19/h5-16,18H,3-4,17H2,1-2H3,(H2,27,28,29,30,31). The van der Waals surface area contributed by atoms with Gasteiger partial charge in [-0.25, -0.2) is 9.97 Å². The van der Waals surface area contributed by atoms with E-state index in [9.17, 15) is 0 Å². The highest BCUT2D eigenvalue weighted by Gasteiger charge is 2.08. The van der Waals surface area contributed by atoms with Crippen molar-refractivity contribution in [2.45, 2.75) is 20.5 Å². The minimum absolute atomic E-state index is 0.409.